The minimum absolute atomic E-state index is 0.00752. The molecule has 0 aliphatic carbocycles. The summed E-state index contributed by atoms with van der Waals surface area (Å²) in [6.07, 6.45) is 30.3. The van der Waals surface area contributed by atoms with E-state index in [4.69, 9.17) is 9.47 Å². The van der Waals surface area contributed by atoms with Crippen LogP contribution in [-0.2, 0) is 19.1 Å². The molecule has 0 saturated heterocycles. The van der Waals surface area contributed by atoms with Crippen LogP contribution in [-0.4, -0.2) is 49.7 Å². The van der Waals surface area contributed by atoms with Crippen LogP contribution < -0.4 is 0 Å². The molecule has 0 aromatic carbocycles. The molecule has 0 atom stereocenters. The number of hydrogen-bond donors (Lipinski definition) is 0. The van der Waals surface area contributed by atoms with Gasteiger partial charge in [0.1, 0.15) is 0 Å². The Hall–Kier alpha value is -1.10. The van der Waals surface area contributed by atoms with Gasteiger partial charge in [0.2, 0.25) is 0 Å². The topological polar surface area (TPSA) is 55.8 Å². The van der Waals surface area contributed by atoms with Crippen molar-refractivity contribution in [1.29, 1.82) is 0 Å². The molecule has 43 heavy (non-hydrogen) atoms. The van der Waals surface area contributed by atoms with E-state index in [1.807, 2.05) is 13.8 Å². The van der Waals surface area contributed by atoms with Crippen LogP contribution in [0.1, 0.15) is 202 Å². The van der Waals surface area contributed by atoms with E-state index in [-0.39, 0.29) is 11.9 Å². The van der Waals surface area contributed by atoms with Gasteiger partial charge in [-0.3, -0.25) is 9.59 Å². The normalized spacial score (nSPS) is 10.9. The van der Waals surface area contributed by atoms with Gasteiger partial charge in [0.25, 0.3) is 0 Å². The predicted octanol–water partition coefficient (Wildman–Crippen LogP) is 11.6. The molecule has 0 N–H and O–H groups in total. The Balaban J connectivity index is 0. The number of carbonyl (C=O) groups is 2. The quantitative estimate of drug-likeness (QED) is 0.0546. The lowest BCUT2D eigenvalue weighted by Crippen LogP contribution is -2.25. The van der Waals surface area contributed by atoms with Gasteiger partial charge < -0.3 is 14.4 Å². The minimum Gasteiger partial charge on any atom is -0.466 e. The van der Waals surface area contributed by atoms with Crippen molar-refractivity contribution >= 4 is 11.9 Å². The fourth-order valence-electron chi connectivity index (χ4n) is 5.33. The zero-order chi connectivity index (χ0) is 32.1. The lowest BCUT2D eigenvalue weighted by molar-refractivity contribution is -0.144. The molecule has 0 aromatic rings. The third kappa shape index (κ3) is 37.0. The minimum atomic E-state index is -0.00752. The summed E-state index contributed by atoms with van der Waals surface area (Å²) in [7, 11) is 0. The Morgan fingerprint density at radius 1 is 0.419 bits per heavy atom. The third-order valence-electron chi connectivity index (χ3n) is 8.18. The Labute approximate surface area is 270 Å². The molecular weight excluding hydrogens is 534 g/mol. The van der Waals surface area contributed by atoms with E-state index in [1.165, 1.54) is 129 Å². The van der Waals surface area contributed by atoms with E-state index < -0.39 is 0 Å². The second kappa shape index (κ2) is 38.9. The largest absolute Gasteiger partial charge is 0.466 e. The monoisotopic (exact) mass is 612 g/mol. The maximum Gasteiger partial charge on any atom is 0.305 e. The molecule has 0 fully saturated rings. The van der Waals surface area contributed by atoms with Crippen LogP contribution in [0, 0.1) is 0 Å². The summed E-state index contributed by atoms with van der Waals surface area (Å²) in [5.74, 6) is -0.0150. The zero-order valence-corrected chi connectivity index (χ0v) is 30.0. The molecule has 5 heteroatoms. The maximum absolute atomic E-state index is 11.9. The highest BCUT2D eigenvalue weighted by Crippen LogP contribution is 2.12. The molecule has 0 aliphatic heterocycles. The fraction of sp³-hybridized carbons (Fsp3) is 0.947. The second-order valence-corrected chi connectivity index (χ2v) is 12.2. The third-order valence-corrected chi connectivity index (χ3v) is 8.18. The van der Waals surface area contributed by atoms with Gasteiger partial charge >= 0.3 is 11.9 Å². The average Bonchev–Trinajstić information content (AvgIpc) is 3.02. The number of carbonyl (C=O) groups excluding carboxylic acids is 2. The number of ether oxygens (including phenoxy) is 2. The van der Waals surface area contributed by atoms with Crippen LogP contribution >= 0.6 is 0 Å². The van der Waals surface area contributed by atoms with Crippen molar-refractivity contribution in [2.45, 2.75) is 202 Å². The molecule has 0 heterocycles. The predicted molar refractivity (Wildman–Crippen MR) is 187 cm³/mol. The van der Waals surface area contributed by atoms with Crippen molar-refractivity contribution in [3.05, 3.63) is 0 Å². The van der Waals surface area contributed by atoms with Crippen LogP contribution in [0.15, 0.2) is 0 Å². The summed E-state index contributed by atoms with van der Waals surface area (Å²) in [6, 6.07) is 0. The van der Waals surface area contributed by atoms with Crippen molar-refractivity contribution in [3.8, 4) is 0 Å². The molecule has 0 rings (SSSR count). The lowest BCUT2D eigenvalue weighted by atomic mass is 10.1. The van der Waals surface area contributed by atoms with Gasteiger partial charge in [-0.05, 0) is 58.2 Å². The Bertz CT molecular complexity index is 508. The smallest absolute Gasteiger partial charge is 0.305 e. The first-order chi connectivity index (χ1) is 21.1. The molecule has 0 unspecified atom stereocenters. The Morgan fingerprint density at radius 3 is 1.07 bits per heavy atom. The molecular formula is C38H77NO4. The van der Waals surface area contributed by atoms with Crippen LogP contribution in [0.25, 0.3) is 0 Å². The van der Waals surface area contributed by atoms with Crippen LogP contribution in [0.4, 0.5) is 0 Å². The first kappa shape index (κ1) is 44.0. The summed E-state index contributed by atoms with van der Waals surface area (Å²) < 4.78 is 10.8. The highest BCUT2D eigenvalue weighted by Gasteiger charge is 2.06. The van der Waals surface area contributed by atoms with E-state index in [0.717, 1.165) is 45.1 Å². The number of rotatable bonds is 33. The maximum atomic E-state index is 11.9. The highest BCUT2D eigenvalue weighted by molar-refractivity contribution is 5.69. The molecule has 0 spiro atoms. The molecule has 258 valence electrons. The van der Waals surface area contributed by atoms with Gasteiger partial charge in [-0.15, -0.1) is 0 Å². The van der Waals surface area contributed by atoms with Crippen LogP contribution in [0.3, 0.4) is 0 Å². The standard InChI is InChI=1S/C36H71NO4.C2H6/c1-4-7-9-11-13-21-27-33-40-35(38)29-23-17-15-19-25-31-37(6-3)32-26-20-16-18-24-30-36(39)41-34-28-22-14-12-10-8-5-2;1-2/h4-34H2,1-3H3;1-2H3. The number of esters is 2. The summed E-state index contributed by atoms with van der Waals surface area (Å²) >= 11 is 0. The van der Waals surface area contributed by atoms with Crippen molar-refractivity contribution in [2.24, 2.45) is 0 Å². The molecule has 5 nitrogen and oxygen atoms in total. The van der Waals surface area contributed by atoms with Crippen molar-refractivity contribution in [2.75, 3.05) is 32.8 Å². The van der Waals surface area contributed by atoms with Crippen molar-refractivity contribution in [1.82, 2.24) is 4.90 Å². The van der Waals surface area contributed by atoms with Crippen LogP contribution in [0.5, 0.6) is 0 Å². The molecule has 0 amide bonds. The first-order valence-electron chi connectivity index (χ1n) is 19.2. The molecule has 0 aliphatic rings. The van der Waals surface area contributed by atoms with Crippen LogP contribution in [0.2, 0.25) is 0 Å². The highest BCUT2D eigenvalue weighted by atomic mass is 16.5. The Kier molecular flexibility index (Phi) is 39.9. The van der Waals surface area contributed by atoms with Gasteiger partial charge in [-0.25, -0.2) is 0 Å². The van der Waals surface area contributed by atoms with E-state index in [0.29, 0.717) is 26.1 Å². The molecule has 0 bridgehead atoms. The summed E-state index contributed by atoms with van der Waals surface area (Å²) in [5, 5.41) is 0. The first-order valence-corrected chi connectivity index (χ1v) is 19.2. The molecule has 0 radical (unpaired) electrons. The van der Waals surface area contributed by atoms with E-state index in [9.17, 15) is 9.59 Å². The summed E-state index contributed by atoms with van der Waals surface area (Å²) in [6.45, 7) is 15.4. The van der Waals surface area contributed by atoms with Crippen molar-refractivity contribution < 1.29 is 19.1 Å². The molecule has 0 saturated carbocycles. The van der Waals surface area contributed by atoms with Gasteiger partial charge in [-0.2, -0.15) is 0 Å². The molecule has 0 aromatic heterocycles. The Morgan fingerprint density at radius 2 is 0.721 bits per heavy atom. The van der Waals surface area contributed by atoms with Gasteiger partial charge in [0.05, 0.1) is 13.2 Å². The SMILES string of the molecule is CC.CCCCCCCCCOC(=O)CCCCCCCN(CC)CCCCCCCC(=O)OCCCCCCCCC. The second-order valence-electron chi connectivity index (χ2n) is 12.2. The number of nitrogens with zero attached hydrogens (tertiary/aromatic N) is 1. The van der Waals surface area contributed by atoms with E-state index in [2.05, 4.69) is 25.7 Å². The number of unbranched alkanes of at least 4 members (excludes halogenated alkanes) is 20. The lowest BCUT2D eigenvalue weighted by Gasteiger charge is -2.20. The van der Waals surface area contributed by atoms with Gasteiger partial charge in [0, 0.05) is 12.8 Å². The summed E-state index contributed by atoms with van der Waals surface area (Å²) in [5.41, 5.74) is 0. The van der Waals surface area contributed by atoms with E-state index >= 15 is 0 Å². The number of hydrogen-bond acceptors (Lipinski definition) is 5. The summed E-state index contributed by atoms with van der Waals surface area (Å²) in [4.78, 5) is 26.3. The van der Waals surface area contributed by atoms with E-state index in [1.54, 1.807) is 0 Å². The van der Waals surface area contributed by atoms with Gasteiger partial charge in [-0.1, -0.05) is 150 Å². The van der Waals surface area contributed by atoms with Crippen molar-refractivity contribution in [3.63, 3.8) is 0 Å². The fourth-order valence-corrected chi connectivity index (χ4v) is 5.33. The average molecular weight is 612 g/mol. The zero-order valence-electron chi connectivity index (χ0n) is 30.0. The van der Waals surface area contributed by atoms with Gasteiger partial charge in [0.15, 0.2) is 0 Å².